The third-order valence-corrected chi connectivity index (χ3v) is 2.89. The van der Waals surface area contributed by atoms with Crippen LogP contribution in [0.5, 0.6) is 0 Å². The van der Waals surface area contributed by atoms with E-state index in [0.717, 1.165) is 0 Å². The van der Waals surface area contributed by atoms with E-state index in [1.807, 2.05) is 0 Å². The van der Waals surface area contributed by atoms with Crippen LogP contribution in [-0.4, -0.2) is 56.5 Å². The van der Waals surface area contributed by atoms with Crippen molar-refractivity contribution in [3.8, 4) is 0 Å². The molecule has 1 saturated heterocycles. The second kappa shape index (κ2) is 5.65. The van der Waals surface area contributed by atoms with E-state index in [2.05, 4.69) is 0 Å². The molecule has 0 saturated carbocycles. The van der Waals surface area contributed by atoms with Crippen LogP contribution in [-0.2, 0) is 23.9 Å². The number of carboxylic acid groups (broad SMARTS) is 4. The van der Waals surface area contributed by atoms with Crippen molar-refractivity contribution < 1.29 is 44.3 Å². The van der Waals surface area contributed by atoms with Gasteiger partial charge >= 0.3 is 23.9 Å². The predicted octanol–water partition coefficient (Wildman–Crippen LogP) is -0.895. The van der Waals surface area contributed by atoms with Crippen molar-refractivity contribution in [1.82, 2.24) is 0 Å². The highest BCUT2D eigenvalue weighted by atomic mass is 16.5. The van der Waals surface area contributed by atoms with Crippen LogP contribution in [0, 0.1) is 11.8 Å². The molecule has 19 heavy (non-hydrogen) atoms. The van der Waals surface area contributed by atoms with Gasteiger partial charge in [-0.3, -0.25) is 19.2 Å². The molecule has 0 aliphatic carbocycles. The Labute approximate surface area is 106 Å². The molecule has 0 spiro atoms. The van der Waals surface area contributed by atoms with E-state index < -0.39 is 47.9 Å². The monoisotopic (exact) mass is 276 g/mol. The third-order valence-electron chi connectivity index (χ3n) is 2.89. The minimum atomic E-state index is -1.84. The smallest absolute Gasteiger partial charge is 0.320 e. The molecule has 2 unspecified atom stereocenters. The summed E-state index contributed by atoms with van der Waals surface area (Å²) in [5.74, 6) is -10.1. The summed E-state index contributed by atoms with van der Waals surface area (Å²) < 4.78 is 5.01. The Morgan fingerprint density at radius 2 is 1.00 bits per heavy atom. The largest absolute Gasteiger partial charge is 0.481 e. The number of rotatable bonds is 6. The van der Waals surface area contributed by atoms with E-state index in [1.54, 1.807) is 0 Å². The SMILES string of the molecule is O=C(O)C(C(=O)O)C1CCC(C(C(=O)O)C(=O)O)O1. The van der Waals surface area contributed by atoms with Gasteiger partial charge in [-0.2, -0.15) is 0 Å². The van der Waals surface area contributed by atoms with Gasteiger partial charge in [0.1, 0.15) is 0 Å². The van der Waals surface area contributed by atoms with Gasteiger partial charge in [-0.1, -0.05) is 0 Å². The Bertz CT molecular complexity index is 349. The molecule has 1 heterocycles. The summed E-state index contributed by atoms with van der Waals surface area (Å²) in [6.07, 6.45) is -2.52. The number of hydrogen-bond acceptors (Lipinski definition) is 5. The van der Waals surface area contributed by atoms with Crippen LogP contribution >= 0.6 is 0 Å². The molecule has 9 heteroatoms. The van der Waals surface area contributed by atoms with E-state index >= 15 is 0 Å². The number of carbonyl (C=O) groups is 4. The molecule has 1 aliphatic rings. The molecule has 0 amide bonds. The molecular weight excluding hydrogens is 264 g/mol. The fourth-order valence-corrected chi connectivity index (χ4v) is 2.03. The standard InChI is InChI=1S/C10H12O9/c11-7(12)5(8(13)14)3-1-2-4(19-3)6(9(15)16)10(17)18/h3-6H,1-2H2,(H,11,12)(H,13,14)(H,15,16)(H,17,18). The van der Waals surface area contributed by atoms with Crippen LogP contribution in [0.2, 0.25) is 0 Å². The average molecular weight is 276 g/mol. The van der Waals surface area contributed by atoms with Gasteiger partial charge < -0.3 is 25.2 Å². The zero-order valence-corrected chi connectivity index (χ0v) is 9.55. The predicted molar refractivity (Wildman–Crippen MR) is 55.4 cm³/mol. The molecule has 106 valence electrons. The molecule has 0 aromatic heterocycles. The quantitative estimate of drug-likeness (QED) is 0.451. The van der Waals surface area contributed by atoms with E-state index in [1.165, 1.54) is 0 Å². The van der Waals surface area contributed by atoms with Crippen molar-refractivity contribution in [2.45, 2.75) is 25.0 Å². The highest BCUT2D eigenvalue weighted by Crippen LogP contribution is 2.30. The zero-order valence-electron chi connectivity index (χ0n) is 9.55. The van der Waals surface area contributed by atoms with Gasteiger partial charge in [-0.15, -0.1) is 0 Å². The average Bonchev–Trinajstić information content (AvgIpc) is 2.64. The van der Waals surface area contributed by atoms with Crippen molar-refractivity contribution >= 4 is 23.9 Å². The Balaban J connectivity index is 2.82. The summed E-state index contributed by atoms with van der Waals surface area (Å²) in [6.45, 7) is 0. The second-order valence-corrected chi connectivity index (χ2v) is 4.10. The maximum atomic E-state index is 10.8. The van der Waals surface area contributed by atoms with Gasteiger partial charge in [-0.25, -0.2) is 0 Å². The van der Waals surface area contributed by atoms with Crippen molar-refractivity contribution in [3.05, 3.63) is 0 Å². The van der Waals surface area contributed by atoms with Crippen LogP contribution in [0.25, 0.3) is 0 Å². The number of ether oxygens (including phenoxy) is 1. The van der Waals surface area contributed by atoms with Gasteiger partial charge in [0, 0.05) is 0 Å². The van der Waals surface area contributed by atoms with Crippen LogP contribution in [0.3, 0.4) is 0 Å². The third kappa shape index (κ3) is 3.19. The first-order valence-corrected chi connectivity index (χ1v) is 5.32. The molecular formula is C10H12O9. The van der Waals surface area contributed by atoms with Gasteiger partial charge in [0.25, 0.3) is 0 Å². The summed E-state index contributed by atoms with van der Waals surface area (Å²) in [7, 11) is 0. The van der Waals surface area contributed by atoms with Crippen LogP contribution in [0.15, 0.2) is 0 Å². The molecule has 1 rings (SSSR count). The van der Waals surface area contributed by atoms with E-state index in [-0.39, 0.29) is 12.8 Å². The lowest BCUT2D eigenvalue weighted by Gasteiger charge is -2.19. The number of carboxylic acids is 4. The highest BCUT2D eigenvalue weighted by Gasteiger charge is 2.46. The zero-order chi connectivity index (χ0) is 14.7. The molecule has 0 aromatic rings. The Kier molecular flexibility index (Phi) is 4.43. The molecule has 0 radical (unpaired) electrons. The molecule has 0 bridgehead atoms. The van der Waals surface area contributed by atoms with Crippen molar-refractivity contribution in [1.29, 1.82) is 0 Å². The maximum absolute atomic E-state index is 10.8. The van der Waals surface area contributed by atoms with E-state index in [9.17, 15) is 19.2 Å². The summed E-state index contributed by atoms with van der Waals surface area (Å²) in [4.78, 5) is 43.1. The highest BCUT2D eigenvalue weighted by molar-refractivity contribution is 5.94. The molecule has 1 aliphatic heterocycles. The van der Waals surface area contributed by atoms with Crippen LogP contribution in [0.1, 0.15) is 12.8 Å². The van der Waals surface area contributed by atoms with Gasteiger partial charge in [-0.05, 0) is 12.8 Å². The lowest BCUT2D eigenvalue weighted by Crippen LogP contribution is -2.39. The first-order chi connectivity index (χ1) is 8.75. The number of aliphatic carboxylic acids is 4. The molecule has 0 aromatic carbocycles. The molecule has 2 atom stereocenters. The Morgan fingerprint density at radius 1 is 0.737 bits per heavy atom. The first kappa shape index (κ1) is 14.9. The Morgan fingerprint density at radius 3 is 1.21 bits per heavy atom. The normalized spacial score (nSPS) is 22.6. The van der Waals surface area contributed by atoms with Crippen LogP contribution < -0.4 is 0 Å². The van der Waals surface area contributed by atoms with Gasteiger partial charge in [0.05, 0.1) is 12.2 Å². The molecule has 9 nitrogen and oxygen atoms in total. The van der Waals surface area contributed by atoms with E-state index in [4.69, 9.17) is 25.2 Å². The van der Waals surface area contributed by atoms with E-state index in [0.29, 0.717) is 0 Å². The van der Waals surface area contributed by atoms with Crippen molar-refractivity contribution in [3.63, 3.8) is 0 Å². The lowest BCUT2D eigenvalue weighted by molar-refractivity contribution is -0.166. The fourth-order valence-electron chi connectivity index (χ4n) is 2.03. The van der Waals surface area contributed by atoms with Crippen molar-refractivity contribution in [2.24, 2.45) is 11.8 Å². The maximum Gasteiger partial charge on any atom is 0.320 e. The Hall–Kier alpha value is -2.16. The summed E-state index contributed by atoms with van der Waals surface area (Å²) in [6, 6.07) is 0. The lowest BCUT2D eigenvalue weighted by atomic mass is 9.97. The van der Waals surface area contributed by atoms with Gasteiger partial charge in [0.15, 0.2) is 11.8 Å². The molecule has 1 fully saturated rings. The number of hydrogen-bond donors (Lipinski definition) is 4. The van der Waals surface area contributed by atoms with Crippen molar-refractivity contribution in [2.75, 3.05) is 0 Å². The summed E-state index contributed by atoms with van der Waals surface area (Å²) in [5, 5.41) is 35.0. The minimum absolute atomic E-state index is 0.0228. The summed E-state index contributed by atoms with van der Waals surface area (Å²) in [5.41, 5.74) is 0. The summed E-state index contributed by atoms with van der Waals surface area (Å²) >= 11 is 0. The fraction of sp³-hybridized carbons (Fsp3) is 0.600. The minimum Gasteiger partial charge on any atom is -0.481 e. The first-order valence-electron chi connectivity index (χ1n) is 5.32. The van der Waals surface area contributed by atoms with Crippen LogP contribution in [0.4, 0.5) is 0 Å². The second-order valence-electron chi connectivity index (χ2n) is 4.10. The topological polar surface area (TPSA) is 158 Å². The molecule has 4 N–H and O–H groups in total. The van der Waals surface area contributed by atoms with Gasteiger partial charge in [0.2, 0.25) is 0 Å².